The highest BCUT2D eigenvalue weighted by molar-refractivity contribution is 6.31. The van der Waals surface area contributed by atoms with E-state index in [0.717, 1.165) is 12.0 Å². The largest absolute Gasteiger partial charge is 0.368 e. The molecule has 35 heavy (non-hydrogen) atoms. The van der Waals surface area contributed by atoms with Gasteiger partial charge in [-0.15, -0.1) is 0 Å². The summed E-state index contributed by atoms with van der Waals surface area (Å²) < 4.78 is 21.3. The van der Waals surface area contributed by atoms with E-state index in [9.17, 15) is 14.0 Å². The van der Waals surface area contributed by atoms with Gasteiger partial charge in [-0.2, -0.15) is 5.10 Å². The van der Waals surface area contributed by atoms with Gasteiger partial charge in [0.15, 0.2) is 5.65 Å². The van der Waals surface area contributed by atoms with Crippen LogP contribution in [-0.2, 0) is 9.53 Å². The van der Waals surface area contributed by atoms with Crippen molar-refractivity contribution in [3.05, 3.63) is 82.5 Å². The maximum atomic E-state index is 14.1. The Morgan fingerprint density at radius 3 is 2.91 bits per heavy atom. The Morgan fingerprint density at radius 2 is 2.09 bits per heavy atom. The van der Waals surface area contributed by atoms with E-state index < -0.39 is 18.0 Å². The molecule has 4 heterocycles. The lowest BCUT2D eigenvalue weighted by Gasteiger charge is -2.20. The molecule has 176 valence electrons. The first-order valence-electron chi connectivity index (χ1n) is 11.1. The molecule has 6 rings (SSSR count). The number of halogens is 2. The highest BCUT2D eigenvalue weighted by atomic mass is 35.5. The fraction of sp³-hybridized carbons (Fsp3) is 0.200. The summed E-state index contributed by atoms with van der Waals surface area (Å²) in [6.45, 7) is 0.524. The van der Waals surface area contributed by atoms with Gasteiger partial charge in [0.25, 0.3) is 11.8 Å². The smallest absolute Gasteiger partial charge is 0.253 e. The number of nitrogens with zero attached hydrogens (tertiary/aromatic N) is 3. The molecule has 2 aliphatic rings. The third kappa shape index (κ3) is 3.82. The predicted octanol–water partition coefficient (Wildman–Crippen LogP) is 4.14. The number of ether oxygens (including phenoxy) is 1. The second-order valence-electron chi connectivity index (χ2n) is 8.53. The molecule has 10 heteroatoms. The Balaban J connectivity index is 1.50. The molecule has 1 fully saturated rings. The summed E-state index contributed by atoms with van der Waals surface area (Å²) in [7, 11) is 0. The Bertz CT molecular complexity index is 1500. The van der Waals surface area contributed by atoms with E-state index in [2.05, 4.69) is 20.7 Å². The van der Waals surface area contributed by atoms with Gasteiger partial charge in [-0.3, -0.25) is 9.59 Å². The topological polar surface area (TPSA) is 97.6 Å². The van der Waals surface area contributed by atoms with Gasteiger partial charge in [0.05, 0.1) is 6.04 Å². The summed E-state index contributed by atoms with van der Waals surface area (Å²) in [5.41, 5.74) is 3.89. The van der Waals surface area contributed by atoms with E-state index in [4.69, 9.17) is 16.3 Å². The summed E-state index contributed by atoms with van der Waals surface area (Å²) in [6.07, 6.45) is 4.10. The van der Waals surface area contributed by atoms with Crippen molar-refractivity contribution in [1.82, 2.24) is 19.9 Å². The van der Waals surface area contributed by atoms with Crippen LogP contribution >= 0.6 is 11.6 Å². The van der Waals surface area contributed by atoms with Crippen molar-refractivity contribution in [1.29, 1.82) is 0 Å². The summed E-state index contributed by atoms with van der Waals surface area (Å²) >= 11 is 6.38. The Morgan fingerprint density at radius 1 is 1.20 bits per heavy atom. The average molecular weight is 492 g/mol. The number of anilines is 1. The van der Waals surface area contributed by atoms with Crippen LogP contribution in [0.4, 0.5) is 10.1 Å². The number of carbonyl (C=O) groups is 2. The third-order valence-electron chi connectivity index (χ3n) is 6.35. The molecule has 4 aromatic rings. The predicted molar refractivity (Wildman–Crippen MR) is 127 cm³/mol. The molecule has 2 atom stereocenters. The summed E-state index contributed by atoms with van der Waals surface area (Å²) in [5, 5.41) is 10.3. The van der Waals surface area contributed by atoms with Gasteiger partial charge in [0.1, 0.15) is 18.2 Å². The Kier molecular flexibility index (Phi) is 5.23. The van der Waals surface area contributed by atoms with Crippen LogP contribution in [0.15, 0.2) is 55.0 Å². The first-order valence-corrected chi connectivity index (χ1v) is 11.5. The quantitative estimate of drug-likeness (QED) is 0.447. The Hall–Kier alpha value is -3.82. The van der Waals surface area contributed by atoms with Crippen molar-refractivity contribution >= 4 is 34.7 Å². The van der Waals surface area contributed by atoms with Crippen molar-refractivity contribution in [3.8, 4) is 11.1 Å². The number of aromatic nitrogens is 3. The normalized spacial score (nSPS) is 19.1. The van der Waals surface area contributed by atoms with Crippen molar-refractivity contribution in [2.45, 2.75) is 25.0 Å². The first-order chi connectivity index (χ1) is 17.0. The van der Waals surface area contributed by atoms with Crippen molar-refractivity contribution in [2.75, 3.05) is 11.9 Å². The molecule has 2 amide bonds. The molecule has 0 saturated carbocycles. The van der Waals surface area contributed by atoms with Crippen LogP contribution in [0.25, 0.3) is 16.8 Å². The molecule has 0 aliphatic carbocycles. The van der Waals surface area contributed by atoms with Gasteiger partial charge < -0.3 is 15.4 Å². The molecule has 1 saturated heterocycles. The van der Waals surface area contributed by atoms with Crippen molar-refractivity contribution in [3.63, 3.8) is 0 Å². The summed E-state index contributed by atoms with van der Waals surface area (Å²) in [5.74, 6) is -1.12. The van der Waals surface area contributed by atoms with Crippen molar-refractivity contribution in [2.24, 2.45) is 0 Å². The lowest BCUT2D eigenvalue weighted by Crippen LogP contribution is -2.28. The van der Waals surface area contributed by atoms with E-state index in [-0.39, 0.29) is 11.8 Å². The second kappa shape index (κ2) is 8.44. The van der Waals surface area contributed by atoms with Gasteiger partial charge in [0, 0.05) is 45.8 Å². The molecule has 0 spiro atoms. The molecule has 0 radical (unpaired) electrons. The minimum Gasteiger partial charge on any atom is -0.368 e. The number of amides is 2. The molecule has 8 nitrogen and oxygen atoms in total. The van der Waals surface area contributed by atoms with E-state index in [0.29, 0.717) is 51.6 Å². The summed E-state index contributed by atoms with van der Waals surface area (Å²) in [6, 6.07) is 10.5. The average Bonchev–Trinajstić information content (AvgIpc) is 3.61. The number of fused-ring (bicyclic) bond motifs is 2. The van der Waals surface area contributed by atoms with E-state index >= 15 is 0 Å². The molecule has 2 aliphatic heterocycles. The van der Waals surface area contributed by atoms with E-state index in [1.165, 1.54) is 24.5 Å². The Labute approximate surface area is 204 Å². The van der Waals surface area contributed by atoms with Gasteiger partial charge in [-0.05, 0) is 60.9 Å². The highest BCUT2D eigenvalue weighted by Crippen LogP contribution is 2.42. The zero-order valence-corrected chi connectivity index (χ0v) is 19.1. The lowest BCUT2D eigenvalue weighted by atomic mass is 9.93. The minimum atomic E-state index is -0.729. The number of benzene rings is 2. The highest BCUT2D eigenvalue weighted by Gasteiger charge is 2.35. The number of hydrogen-bond donors (Lipinski definition) is 2. The lowest BCUT2D eigenvalue weighted by molar-refractivity contribution is -0.124. The number of pyridine rings is 1. The van der Waals surface area contributed by atoms with Gasteiger partial charge in [-0.25, -0.2) is 13.9 Å². The monoisotopic (exact) mass is 491 g/mol. The maximum Gasteiger partial charge on any atom is 0.253 e. The molecular weight excluding hydrogens is 473 g/mol. The molecule has 2 N–H and O–H groups in total. The van der Waals surface area contributed by atoms with Crippen LogP contribution in [0.1, 0.15) is 40.4 Å². The molecule has 2 unspecified atom stereocenters. The maximum absolute atomic E-state index is 14.1. The fourth-order valence-electron chi connectivity index (χ4n) is 4.66. The van der Waals surface area contributed by atoms with Crippen LogP contribution < -0.4 is 10.6 Å². The van der Waals surface area contributed by atoms with Crippen LogP contribution in [0.2, 0.25) is 5.02 Å². The van der Waals surface area contributed by atoms with Gasteiger partial charge >= 0.3 is 0 Å². The second-order valence-corrected chi connectivity index (χ2v) is 8.94. The first kappa shape index (κ1) is 21.7. The van der Waals surface area contributed by atoms with E-state index in [1.807, 2.05) is 12.1 Å². The molecule has 2 aromatic carbocycles. The fourth-order valence-corrected chi connectivity index (χ4v) is 4.88. The summed E-state index contributed by atoms with van der Waals surface area (Å²) in [4.78, 5) is 30.2. The molecule has 2 aromatic heterocycles. The molecule has 0 bridgehead atoms. The zero-order chi connectivity index (χ0) is 24.1. The van der Waals surface area contributed by atoms with Crippen LogP contribution in [-0.4, -0.2) is 39.1 Å². The number of rotatable bonds is 4. The number of carbonyl (C=O) groups excluding carboxylic acids is 2. The SMILES string of the molecule is O=C1NC(c2cc(F)ccc2Cl)c2c(NC(=O)C3CCCO3)cc(-c3ccc4ncnn4c3)cc21. The number of nitrogens with one attached hydrogen (secondary N) is 2. The van der Waals surface area contributed by atoms with Crippen molar-refractivity contribution < 1.29 is 18.7 Å². The molecular formula is C25H19ClFN5O3. The van der Waals surface area contributed by atoms with Gasteiger partial charge in [0.2, 0.25) is 0 Å². The van der Waals surface area contributed by atoms with E-state index in [1.54, 1.807) is 22.8 Å². The van der Waals surface area contributed by atoms with Crippen LogP contribution in [0.5, 0.6) is 0 Å². The van der Waals surface area contributed by atoms with Crippen LogP contribution in [0, 0.1) is 5.82 Å². The zero-order valence-electron chi connectivity index (χ0n) is 18.3. The number of hydrogen-bond acceptors (Lipinski definition) is 5. The van der Waals surface area contributed by atoms with Gasteiger partial charge in [-0.1, -0.05) is 11.6 Å². The standard InChI is InChI=1S/C25H19ClFN5O3/c26-18-5-4-15(27)10-16(18)23-22-17(24(33)31-23)8-14(13-3-6-21-28-12-29-32(21)11-13)9-19(22)30-25(34)20-2-1-7-35-20/h3-6,8-12,20,23H,1-2,7H2,(H,30,34)(H,31,33). The minimum absolute atomic E-state index is 0.294. The van der Waals surface area contributed by atoms with Crippen LogP contribution in [0.3, 0.4) is 0 Å². The third-order valence-corrected chi connectivity index (χ3v) is 6.69.